The highest BCUT2D eigenvalue weighted by molar-refractivity contribution is 5.31. The molecule has 1 N–H and O–H groups in total. The van der Waals surface area contributed by atoms with E-state index in [1.807, 2.05) is 24.3 Å². The number of nitrogens with one attached hydrogen (secondary N) is 1. The molecule has 3 rings (SSSR count). The van der Waals surface area contributed by atoms with Crippen LogP contribution in [0.5, 0.6) is 11.5 Å². The maximum Gasteiger partial charge on any atom is 0.119 e. The minimum absolute atomic E-state index is 0.436. The Labute approximate surface area is 114 Å². The summed E-state index contributed by atoms with van der Waals surface area (Å²) in [5.41, 5.74) is 0. The Hall–Kier alpha value is -1.26. The maximum absolute atomic E-state index is 5.81. The maximum atomic E-state index is 5.81. The van der Waals surface area contributed by atoms with Crippen LogP contribution in [0, 0.1) is 0 Å². The third kappa shape index (κ3) is 3.01. The van der Waals surface area contributed by atoms with Crippen molar-refractivity contribution in [3.05, 3.63) is 24.3 Å². The van der Waals surface area contributed by atoms with Crippen LogP contribution in [-0.2, 0) is 4.74 Å². The molecule has 4 heteroatoms. The van der Waals surface area contributed by atoms with Crippen LogP contribution in [0.3, 0.4) is 0 Å². The number of ether oxygens (including phenoxy) is 3. The van der Waals surface area contributed by atoms with Gasteiger partial charge in [0.25, 0.3) is 0 Å². The molecule has 3 unspecified atom stereocenters. The summed E-state index contributed by atoms with van der Waals surface area (Å²) in [6.07, 6.45) is 4.55. The normalized spacial score (nSPS) is 28.6. The number of hydrogen-bond acceptors (Lipinski definition) is 4. The predicted octanol–water partition coefficient (Wildman–Crippen LogP) is 1.98. The molecule has 19 heavy (non-hydrogen) atoms. The summed E-state index contributed by atoms with van der Waals surface area (Å²) >= 11 is 0. The van der Waals surface area contributed by atoms with Crippen molar-refractivity contribution in [3.8, 4) is 11.5 Å². The van der Waals surface area contributed by atoms with E-state index in [2.05, 4.69) is 5.32 Å². The topological polar surface area (TPSA) is 39.7 Å². The summed E-state index contributed by atoms with van der Waals surface area (Å²) in [7, 11) is 1.66. The van der Waals surface area contributed by atoms with Crippen molar-refractivity contribution < 1.29 is 14.2 Å². The highest BCUT2D eigenvalue weighted by atomic mass is 16.5. The van der Waals surface area contributed by atoms with Crippen molar-refractivity contribution in [1.29, 1.82) is 0 Å². The second-order valence-electron chi connectivity index (χ2n) is 5.19. The molecular formula is C15H21NO3. The fourth-order valence-corrected chi connectivity index (χ4v) is 2.94. The smallest absolute Gasteiger partial charge is 0.119 e. The first kappa shape index (κ1) is 12.8. The Morgan fingerprint density at radius 2 is 2.00 bits per heavy atom. The van der Waals surface area contributed by atoms with Gasteiger partial charge in [0.15, 0.2) is 0 Å². The zero-order valence-corrected chi connectivity index (χ0v) is 11.3. The molecule has 0 radical (unpaired) electrons. The van der Waals surface area contributed by atoms with Crippen LogP contribution < -0.4 is 14.8 Å². The second kappa shape index (κ2) is 5.80. The lowest BCUT2D eigenvalue weighted by Gasteiger charge is -2.20. The van der Waals surface area contributed by atoms with Gasteiger partial charge in [-0.3, -0.25) is 0 Å². The molecule has 1 aromatic rings. The third-order valence-electron chi connectivity index (χ3n) is 3.94. The molecule has 4 nitrogen and oxygen atoms in total. The van der Waals surface area contributed by atoms with Crippen molar-refractivity contribution in [2.24, 2.45) is 0 Å². The van der Waals surface area contributed by atoms with Crippen molar-refractivity contribution in [2.75, 3.05) is 20.3 Å². The molecule has 2 saturated heterocycles. The summed E-state index contributed by atoms with van der Waals surface area (Å²) in [5, 5.41) is 3.53. The van der Waals surface area contributed by atoms with Crippen LogP contribution in [0.1, 0.15) is 19.3 Å². The molecule has 0 aromatic heterocycles. The van der Waals surface area contributed by atoms with Crippen molar-refractivity contribution in [3.63, 3.8) is 0 Å². The van der Waals surface area contributed by atoms with E-state index in [-0.39, 0.29) is 0 Å². The van der Waals surface area contributed by atoms with Crippen molar-refractivity contribution >= 4 is 0 Å². The van der Waals surface area contributed by atoms with Crippen LogP contribution in [0.4, 0.5) is 0 Å². The van der Waals surface area contributed by atoms with Gasteiger partial charge in [0.2, 0.25) is 0 Å². The van der Waals surface area contributed by atoms with E-state index in [1.165, 1.54) is 12.8 Å². The van der Waals surface area contributed by atoms with E-state index in [4.69, 9.17) is 14.2 Å². The molecule has 0 saturated carbocycles. The Morgan fingerprint density at radius 1 is 1.21 bits per heavy atom. The van der Waals surface area contributed by atoms with Gasteiger partial charge in [-0.1, -0.05) is 0 Å². The molecule has 0 amide bonds. The average molecular weight is 263 g/mol. The molecule has 1 aromatic carbocycles. The number of fused-ring (bicyclic) bond motifs is 2. The SMILES string of the molecule is COc1ccc(OCCNC2CC3CCC2O3)cc1. The highest BCUT2D eigenvalue weighted by Crippen LogP contribution is 2.34. The fourth-order valence-electron chi connectivity index (χ4n) is 2.94. The first-order valence-electron chi connectivity index (χ1n) is 7.01. The summed E-state index contributed by atoms with van der Waals surface area (Å²) < 4.78 is 16.6. The van der Waals surface area contributed by atoms with E-state index in [1.54, 1.807) is 7.11 Å². The van der Waals surface area contributed by atoms with Gasteiger partial charge in [-0.2, -0.15) is 0 Å². The van der Waals surface area contributed by atoms with Gasteiger partial charge in [0, 0.05) is 12.6 Å². The zero-order chi connectivity index (χ0) is 13.1. The monoisotopic (exact) mass is 263 g/mol. The Bertz CT molecular complexity index is 406. The quantitative estimate of drug-likeness (QED) is 0.797. The van der Waals surface area contributed by atoms with Crippen LogP contribution >= 0.6 is 0 Å². The number of benzene rings is 1. The Morgan fingerprint density at radius 3 is 2.63 bits per heavy atom. The Kier molecular flexibility index (Phi) is 3.89. The minimum atomic E-state index is 0.436. The predicted molar refractivity (Wildman–Crippen MR) is 72.8 cm³/mol. The number of hydrogen-bond donors (Lipinski definition) is 1. The zero-order valence-electron chi connectivity index (χ0n) is 11.3. The first-order valence-corrected chi connectivity index (χ1v) is 7.01. The molecule has 2 fully saturated rings. The summed E-state index contributed by atoms with van der Waals surface area (Å²) in [5.74, 6) is 1.73. The molecule has 2 bridgehead atoms. The van der Waals surface area contributed by atoms with E-state index in [0.717, 1.165) is 24.5 Å². The minimum Gasteiger partial charge on any atom is -0.497 e. The summed E-state index contributed by atoms with van der Waals surface area (Å²) in [6.45, 7) is 1.55. The number of methoxy groups -OCH3 is 1. The van der Waals surface area contributed by atoms with Gasteiger partial charge in [-0.25, -0.2) is 0 Å². The highest BCUT2D eigenvalue weighted by Gasteiger charge is 2.40. The van der Waals surface area contributed by atoms with Crippen LogP contribution in [-0.4, -0.2) is 38.5 Å². The van der Waals surface area contributed by atoms with Crippen LogP contribution in [0.2, 0.25) is 0 Å². The average Bonchev–Trinajstić information content (AvgIpc) is 3.07. The lowest BCUT2D eigenvalue weighted by Crippen LogP contribution is -2.39. The largest absolute Gasteiger partial charge is 0.497 e. The van der Waals surface area contributed by atoms with Gasteiger partial charge in [0.05, 0.1) is 19.3 Å². The second-order valence-corrected chi connectivity index (χ2v) is 5.19. The summed E-state index contributed by atoms with van der Waals surface area (Å²) in [4.78, 5) is 0. The van der Waals surface area contributed by atoms with Crippen LogP contribution in [0.15, 0.2) is 24.3 Å². The lowest BCUT2D eigenvalue weighted by atomic mass is 9.95. The summed E-state index contributed by atoms with van der Waals surface area (Å²) in [6, 6.07) is 8.20. The molecule has 2 heterocycles. The molecule has 2 aliphatic heterocycles. The van der Waals surface area contributed by atoms with Crippen molar-refractivity contribution in [2.45, 2.75) is 37.5 Å². The van der Waals surface area contributed by atoms with Crippen LogP contribution in [0.25, 0.3) is 0 Å². The molecule has 0 spiro atoms. The van der Waals surface area contributed by atoms with Gasteiger partial charge < -0.3 is 19.5 Å². The molecule has 0 aliphatic carbocycles. The van der Waals surface area contributed by atoms with Gasteiger partial charge in [-0.15, -0.1) is 0 Å². The lowest BCUT2D eigenvalue weighted by molar-refractivity contribution is 0.0970. The third-order valence-corrected chi connectivity index (χ3v) is 3.94. The van der Waals surface area contributed by atoms with E-state index >= 15 is 0 Å². The standard InChI is InChI=1S/C15H21NO3/c1-17-11-2-4-12(5-3-11)18-9-8-16-14-10-13-6-7-15(14)19-13/h2-5,13-16H,6-10H2,1H3. The molecule has 2 aliphatic rings. The number of rotatable bonds is 6. The van der Waals surface area contributed by atoms with E-state index in [0.29, 0.717) is 24.9 Å². The van der Waals surface area contributed by atoms with Gasteiger partial charge in [-0.05, 0) is 43.5 Å². The van der Waals surface area contributed by atoms with E-state index < -0.39 is 0 Å². The fraction of sp³-hybridized carbons (Fsp3) is 0.600. The van der Waals surface area contributed by atoms with Gasteiger partial charge >= 0.3 is 0 Å². The first-order chi connectivity index (χ1) is 9.35. The van der Waals surface area contributed by atoms with Crippen molar-refractivity contribution in [1.82, 2.24) is 5.32 Å². The molecular weight excluding hydrogens is 242 g/mol. The van der Waals surface area contributed by atoms with Gasteiger partial charge in [0.1, 0.15) is 18.1 Å². The Balaban J connectivity index is 1.36. The molecule has 3 atom stereocenters. The molecule has 104 valence electrons. The van der Waals surface area contributed by atoms with E-state index in [9.17, 15) is 0 Å².